The van der Waals surface area contributed by atoms with Gasteiger partial charge in [0.2, 0.25) is 0 Å². The normalized spacial score (nSPS) is 19.8. The van der Waals surface area contributed by atoms with E-state index in [1.807, 2.05) is 0 Å². The van der Waals surface area contributed by atoms with Crippen LogP contribution in [0, 0.1) is 17.8 Å². The summed E-state index contributed by atoms with van der Waals surface area (Å²) in [5.74, 6) is 2.39. The molecule has 102 valence electrons. The lowest BCUT2D eigenvalue weighted by molar-refractivity contribution is 0.273. The zero-order valence-corrected chi connectivity index (χ0v) is 13.2. The molecule has 0 spiro atoms. The Hall–Kier alpha value is 0.310. The molecular weight excluding hydrogens is 226 g/mol. The predicted octanol–water partition coefficient (Wildman–Crippen LogP) is 4.18. The van der Waals surface area contributed by atoms with E-state index >= 15 is 0 Å². The first-order valence-corrected chi connectivity index (χ1v) is 8.49. The van der Waals surface area contributed by atoms with Crippen molar-refractivity contribution in [3.05, 3.63) is 0 Å². The highest BCUT2D eigenvalue weighted by Gasteiger charge is 2.32. The molecule has 0 aliphatic heterocycles. The van der Waals surface area contributed by atoms with Crippen LogP contribution in [0.3, 0.4) is 0 Å². The van der Waals surface area contributed by atoms with E-state index in [1.54, 1.807) is 0 Å². The Morgan fingerprint density at radius 3 is 2.00 bits per heavy atom. The van der Waals surface area contributed by atoms with Gasteiger partial charge in [-0.25, -0.2) is 0 Å². The van der Waals surface area contributed by atoms with Crippen molar-refractivity contribution in [1.82, 2.24) is 5.32 Å². The number of hydrogen-bond donors (Lipinski definition) is 1. The Kier molecular flexibility index (Phi) is 6.36. The second-order valence-electron chi connectivity index (χ2n) is 6.38. The standard InChI is InChI=1S/C15H31NS/c1-12(2)14(13(3)4)10-16-11-15(17-5)8-6-7-9-15/h12-14,16H,6-11H2,1-5H3. The molecule has 1 aliphatic rings. The van der Waals surface area contributed by atoms with Gasteiger partial charge in [0.25, 0.3) is 0 Å². The van der Waals surface area contributed by atoms with Crippen LogP contribution in [0.4, 0.5) is 0 Å². The van der Waals surface area contributed by atoms with Crippen LogP contribution in [0.1, 0.15) is 53.4 Å². The SMILES string of the molecule is CSC1(CNCC(C(C)C)C(C)C)CCCC1. The average molecular weight is 257 g/mol. The van der Waals surface area contributed by atoms with E-state index in [2.05, 4.69) is 51.0 Å². The highest BCUT2D eigenvalue weighted by molar-refractivity contribution is 8.00. The van der Waals surface area contributed by atoms with Gasteiger partial charge in [-0.1, -0.05) is 40.5 Å². The number of thioether (sulfide) groups is 1. The van der Waals surface area contributed by atoms with E-state index in [4.69, 9.17) is 0 Å². The van der Waals surface area contributed by atoms with Crippen molar-refractivity contribution in [2.24, 2.45) is 17.8 Å². The molecule has 0 amide bonds. The van der Waals surface area contributed by atoms with Crippen LogP contribution in [-0.2, 0) is 0 Å². The Labute approximate surface area is 113 Å². The Balaban J connectivity index is 2.34. The van der Waals surface area contributed by atoms with Crippen molar-refractivity contribution in [2.75, 3.05) is 19.3 Å². The van der Waals surface area contributed by atoms with Crippen LogP contribution in [0.25, 0.3) is 0 Å². The van der Waals surface area contributed by atoms with Crippen molar-refractivity contribution in [3.8, 4) is 0 Å². The largest absolute Gasteiger partial charge is 0.315 e. The first kappa shape index (κ1) is 15.4. The molecule has 0 aromatic carbocycles. The van der Waals surface area contributed by atoms with E-state index in [0.29, 0.717) is 4.75 Å². The summed E-state index contributed by atoms with van der Waals surface area (Å²) in [4.78, 5) is 0. The monoisotopic (exact) mass is 257 g/mol. The fraction of sp³-hybridized carbons (Fsp3) is 1.00. The van der Waals surface area contributed by atoms with Crippen molar-refractivity contribution >= 4 is 11.8 Å². The molecule has 1 nitrogen and oxygen atoms in total. The first-order chi connectivity index (χ1) is 8.01. The summed E-state index contributed by atoms with van der Waals surface area (Å²) in [5.41, 5.74) is 0. The van der Waals surface area contributed by atoms with Gasteiger partial charge in [0.05, 0.1) is 0 Å². The Morgan fingerprint density at radius 2 is 1.59 bits per heavy atom. The Morgan fingerprint density at radius 1 is 1.06 bits per heavy atom. The molecule has 0 aromatic heterocycles. The molecule has 1 N–H and O–H groups in total. The molecule has 17 heavy (non-hydrogen) atoms. The minimum absolute atomic E-state index is 0.554. The lowest BCUT2D eigenvalue weighted by Gasteiger charge is -2.30. The van der Waals surface area contributed by atoms with Gasteiger partial charge in [0.15, 0.2) is 0 Å². The minimum atomic E-state index is 0.554. The molecule has 0 saturated heterocycles. The summed E-state index contributed by atoms with van der Waals surface area (Å²) < 4.78 is 0.554. The molecule has 1 saturated carbocycles. The van der Waals surface area contributed by atoms with E-state index in [0.717, 1.165) is 17.8 Å². The van der Waals surface area contributed by atoms with Crippen LogP contribution in [-0.4, -0.2) is 24.1 Å². The summed E-state index contributed by atoms with van der Waals surface area (Å²) in [7, 11) is 0. The number of hydrogen-bond acceptors (Lipinski definition) is 2. The maximum Gasteiger partial charge on any atom is 0.0281 e. The third-order valence-corrected chi connectivity index (χ3v) is 5.91. The van der Waals surface area contributed by atoms with Gasteiger partial charge in [-0.3, -0.25) is 0 Å². The summed E-state index contributed by atoms with van der Waals surface area (Å²) >= 11 is 2.09. The van der Waals surface area contributed by atoms with Gasteiger partial charge in [0, 0.05) is 11.3 Å². The summed E-state index contributed by atoms with van der Waals surface area (Å²) in [6.45, 7) is 11.8. The van der Waals surface area contributed by atoms with Crippen LogP contribution in [0.5, 0.6) is 0 Å². The van der Waals surface area contributed by atoms with Crippen LogP contribution >= 0.6 is 11.8 Å². The van der Waals surface area contributed by atoms with Crippen LogP contribution < -0.4 is 5.32 Å². The second kappa shape index (κ2) is 7.04. The molecule has 0 radical (unpaired) electrons. The van der Waals surface area contributed by atoms with Crippen molar-refractivity contribution < 1.29 is 0 Å². The van der Waals surface area contributed by atoms with Gasteiger partial charge < -0.3 is 5.32 Å². The predicted molar refractivity (Wildman–Crippen MR) is 80.7 cm³/mol. The van der Waals surface area contributed by atoms with Crippen LogP contribution in [0.15, 0.2) is 0 Å². The van der Waals surface area contributed by atoms with Gasteiger partial charge in [-0.05, 0) is 43.4 Å². The van der Waals surface area contributed by atoms with E-state index in [-0.39, 0.29) is 0 Å². The van der Waals surface area contributed by atoms with E-state index in [9.17, 15) is 0 Å². The molecule has 0 aromatic rings. The molecule has 1 fully saturated rings. The average Bonchev–Trinajstić information content (AvgIpc) is 2.72. The minimum Gasteiger partial charge on any atom is -0.315 e. The lowest BCUT2D eigenvalue weighted by atomic mass is 9.85. The third-order valence-electron chi connectivity index (χ3n) is 4.49. The van der Waals surface area contributed by atoms with Crippen molar-refractivity contribution in [1.29, 1.82) is 0 Å². The van der Waals surface area contributed by atoms with Crippen molar-refractivity contribution in [2.45, 2.75) is 58.1 Å². The zero-order valence-electron chi connectivity index (χ0n) is 12.4. The fourth-order valence-corrected chi connectivity index (χ4v) is 4.12. The third kappa shape index (κ3) is 4.48. The molecule has 1 aliphatic carbocycles. The maximum atomic E-state index is 3.76. The molecular formula is C15H31NS. The maximum absolute atomic E-state index is 3.76. The highest BCUT2D eigenvalue weighted by atomic mass is 32.2. The second-order valence-corrected chi connectivity index (χ2v) is 7.65. The van der Waals surface area contributed by atoms with Crippen molar-refractivity contribution in [3.63, 3.8) is 0 Å². The molecule has 1 rings (SSSR count). The molecule has 0 bridgehead atoms. The summed E-state index contributed by atoms with van der Waals surface area (Å²) in [6.07, 6.45) is 7.97. The fourth-order valence-electron chi connectivity index (χ4n) is 3.18. The Bertz CT molecular complexity index is 199. The first-order valence-electron chi connectivity index (χ1n) is 7.26. The zero-order chi connectivity index (χ0) is 12.9. The quantitative estimate of drug-likeness (QED) is 0.734. The van der Waals surface area contributed by atoms with Crippen LogP contribution in [0.2, 0.25) is 0 Å². The number of rotatable bonds is 7. The highest BCUT2D eigenvalue weighted by Crippen LogP contribution is 2.39. The molecule has 0 heterocycles. The molecule has 2 heteroatoms. The van der Waals surface area contributed by atoms with E-state index < -0.39 is 0 Å². The molecule has 0 atom stereocenters. The molecule has 0 unspecified atom stereocenters. The smallest absolute Gasteiger partial charge is 0.0281 e. The van der Waals surface area contributed by atoms with Gasteiger partial charge in [-0.15, -0.1) is 0 Å². The van der Waals surface area contributed by atoms with E-state index in [1.165, 1.54) is 38.8 Å². The summed E-state index contributed by atoms with van der Waals surface area (Å²) in [6, 6.07) is 0. The van der Waals surface area contributed by atoms with Gasteiger partial charge in [-0.2, -0.15) is 11.8 Å². The van der Waals surface area contributed by atoms with Gasteiger partial charge in [0.1, 0.15) is 0 Å². The van der Waals surface area contributed by atoms with Gasteiger partial charge >= 0.3 is 0 Å². The number of nitrogens with one attached hydrogen (secondary N) is 1. The topological polar surface area (TPSA) is 12.0 Å². The lowest BCUT2D eigenvalue weighted by Crippen LogP contribution is -2.39. The summed E-state index contributed by atoms with van der Waals surface area (Å²) in [5, 5.41) is 3.76.